The summed E-state index contributed by atoms with van der Waals surface area (Å²) < 4.78 is 0. The predicted molar refractivity (Wildman–Crippen MR) is 42.8 cm³/mol. The van der Waals surface area contributed by atoms with Gasteiger partial charge in [0.15, 0.2) is 0 Å². The molecule has 0 saturated carbocycles. The van der Waals surface area contributed by atoms with Crippen molar-refractivity contribution < 1.29 is 4.79 Å². The molecular weight excluding hydrogens is 136 g/mol. The minimum absolute atomic E-state index is 0.745. The Labute approximate surface area is 66.2 Å². The van der Waals surface area contributed by atoms with E-state index in [9.17, 15) is 4.79 Å². The number of hydrogen-bond donors (Lipinski definition) is 0. The molecule has 0 aliphatic heterocycles. The Balaban J connectivity index is 5.19. The largest absolute Gasteiger partial charge is 0.281 e. The SMILES string of the molecule is C#CC(=O)C(C#C)(C#C)C#C. The van der Waals surface area contributed by atoms with Crippen LogP contribution in [0.15, 0.2) is 0 Å². The highest BCUT2D eigenvalue weighted by Crippen LogP contribution is 2.13. The third kappa shape index (κ3) is 1.24. The maximum absolute atomic E-state index is 10.9. The number of carbonyl (C=O) groups excluding carboxylic acids is 1. The van der Waals surface area contributed by atoms with Gasteiger partial charge in [-0.25, -0.2) is 0 Å². The van der Waals surface area contributed by atoms with Crippen LogP contribution in [0.25, 0.3) is 0 Å². The lowest BCUT2D eigenvalue weighted by atomic mass is 9.87. The van der Waals surface area contributed by atoms with Crippen molar-refractivity contribution in [2.24, 2.45) is 5.41 Å². The summed E-state index contributed by atoms with van der Waals surface area (Å²) in [6, 6.07) is 0. The minimum Gasteiger partial charge on any atom is -0.281 e. The summed E-state index contributed by atoms with van der Waals surface area (Å²) in [6.45, 7) is 0. The molecule has 0 saturated heterocycles. The number of Topliss-reactive ketones (excluding diaryl/α,β-unsaturated/α-hetero) is 1. The van der Waals surface area contributed by atoms with Crippen LogP contribution >= 0.6 is 0 Å². The fourth-order valence-corrected chi connectivity index (χ4v) is 0.430. The van der Waals surface area contributed by atoms with Crippen LogP contribution in [-0.4, -0.2) is 5.78 Å². The van der Waals surface area contributed by atoms with Gasteiger partial charge in [-0.2, -0.15) is 0 Å². The highest BCUT2D eigenvalue weighted by Gasteiger charge is 2.30. The van der Waals surface area contributed by atoms with Gasteiger partial charge in [0.25, 0.3) is 0 Å². The lowest BCUT2D eigenvalue weighted by Gasteiger charge is -2.07. The fourth-order valence-electron chi connectivity index (χ4n) is 0.430. The van der Waals surface area contributed by atoms with Crippen LogP contribution in [0.1, 0.15) is 0 Å². The predicted octanol–water partition coefficient (Wildman–Crippen LogP) is 0.0747. The standard InChI is InChI=1S/C10H4O/c1-5-9(11)10(6-2,7-3)8-4/h1-4H. The van der Waals surface area contributed by atoms with Gasteiger partial charge >= 0.3 is 0 Å². The summed E-state index contributed by atoms with van der Waals surface area (Å²) in [7, 11) is 0. The van der Waals surface area contributed by atoms with Crippen LogP contribution < -0.4 is 0 Å². The first kappa shape index (κ1) is 8.91. The summed E-state index contributed by atoms with van der Waals surface area (Å²) >= 11 is 0. The molecule has 1 heteroatoms. The molecule has 0 spiro atoms. The molecule has 0 aromatic rings. The minimum atomic E-state index is -1.66. The Morgan fingerprint density at radius 1 is 1.00 bits per heavy atom. The summed E-state index contributed by atoms with van der Waals surface area (Å²) in [6.07, 6.45) is 19.7. The molecule has 0 aliphatic carbocycles. The summed E-state index contributed by atoms with van der Waals surface area (Å²) in [5, 5.41) is 0. The van der Waals surface area contributed by atoms with E-state index in [1.165, 1.54) is 0 Å². The Bertz CT molecular complexity index is 297. The first-order valence-corrected chi connectivity index (χ1v) is 2.61. The van der Waals surface area contributed by atoms with Crippen molar-refractivity contribution >= 4 is 5.78 Å². The summed E-state index contributed by atoms with van der Waals surface area (Å²) in [5.41, 5.74) is -1.66. The van der Waals surface area contributed by atoms with E-state index in [1.54, 1.807) is 5.92 Å². The molecule has 0 heterocycles. The van der Waals surface area contributed by atoms with Crippen molar-refractivity contribution in [1.29, 1.82) is 0 Å². The van der Waals surface area contributed by atoms with Crippen LogP contribution in [0.3, 0.4) is 0 Å². The lowest BCUT2D eigenvalue weighted by molar-refractivity contribution is -0.116. The zero-order valence-electron chi connectivity index (χ0n) is 5.72. The first-order chi connectivity index (χ1) is 5.16. The normalized spacial score (nSPS) is 8.00. The quantitative estimate of drug-likeness (QED) is 0.372. The molecule has 0 fully saturated rings. The average Bonchev–Trinajstić information content (AvgIpc) is 2.08. The van der Waals surface area contributed by atoms with E-state index >= 15 is 0 Å². The van der Waals surface area contributed by atoms with E-state index in [1.807, 2.05) is 17.8 Å². The van der Waals surface area contributed by atoms with E-state index in [-0.39, 0.29) is 0 Å². The monoisotopic (exact) mass is 140 g/mol. The Hall–Kier alpha value is -2.09. The fraction of sp³-hybridized carbons (Fsp3) is 0.100. The molecule has 0 bridgehead atoms. The summed E-state index contributed by atoms with van der Waals surface area (Å²) in [4.78, 5) is 10.9. The number of carbonyl (C=O) groups is 1. The van der Waals surface area contributed by atoms with Crippen LogP contribution in [0.4, 0.5) is 0 Å². The number of terminal acetylenes is 4. The molecule has 0 unspecified atom stereocenters. The molecule has 1 nitrogen and oxygen atoms in total. The van der Waals surface area contributed by atoms with Crippen LogP contribution in [0, 0.1) is 54.8 Å². The highest BCUT2D eigenvalue weighted by molar-refractivity contribution is 6.06. The Morgan fingerprint density at radius 2 is 1.36 bits per heavy atom. The average molecular weight is 140 g/mol. The molecule has 0 atom stereocenters. The highest BCUT2D eigenvalue weighted by atomic mass is 16.1. The third-order valence-corrected chi connectivity index (χ3v) is 1.12. The molecule has 0 radical (unpaired) electrons. The van der Waals surface area contributed by atoms with Crippen LogP contribution in [0.2, 0.25) is 0 Å². The second kappa shape index (κ2) is 3.17. The Morgan fingerprint density at radius 3 is 1.45 bits per heavy atom. The van der Waals surface area contributed by atoms with E-state index in [4.69, 9.17) is 25.7 Å². The van der Waals surface area contributed by atoms with E-state index in [0.717, 1.165) is 0 Å². The zero-order chi connectivity index (χ0) is 8.91. The van der Waals surface area contributed by atoms with Crippen molar-refractivity contribution in [2.75, 3.05) is 0 Å². The molecule has 50 valence electrons. The van der Waals surface area contributed by atoms with E-state index in [0.29, 0.717) is 0 Å². The van der Waals surface area contributed by atoms with Gasteiger partial charge in [0.05, 0.1) is 0 Å². The van der Waals surface area contributed by atoms with Gasteiger partial charge in [-0.05, 0) is 5.92 Å². The van der Waals surface area contributed by atoms with Crippen LogP contribution in [-0.2, 0) is 4.79 Å². The number of rotatable bonds is 1. The molecular formula is C10H4O. The van der Waals surface area contributed by atoms with Crippen molar-refractivity contribution in [2.45, 2.75) is 0 Å². The van der Waals surface area contributed by atoms with Gasteiger partial charge in [0.2, 0.25) is 11.2 Å². The van der Waals surface area contributed by atoms with Crippen molar-refractivity contribution in [3.63, 3.8) is 0 Å². The van der Waals surface area contributed by atoms with Crippen LogP contribution in [0.5, 0.6) is 0 Å². The first-order valence-electron chi connectivity index (χ1n) is 2.61. The number of ketones is 1. The molecule has 0 amide bonds. The second-order valence-electron chi connectivity index (χ2n) is 1.66. The van der Waals surface area contributed by atoms with Gasteiger partial charge in [-0.1, -0.05) is 17.8 Å². The lowest BCUT2D eigenvalue weighted by Crippen LogP contribution is -2.24. The Kier molecular flexibility index (Phi) is 2.57. The molecule has 0 aromatic heterocycles. The summed E-state index contributed by atoms with van der Waals surface area (Å²) in [5.74, 6) is 7.05. The van der Waals surface area contributed by atoms with Gasteiger partial charge in [-0.3, -0.25) is 4.79 Å². The topological polar surface area (TPSA) is 17.1 Å². The van der Waals surface area contributed by atoms with Gasteiger partial charge in [0, 0.05) is 0 Å². The maximum atomic E-state index is 10.9. The molecule has 11 heavy (non-hydrogen) atoms. The zero-order valence-corrected chi connectivity index (χ0v) is 5.72. The van der Waals surface area contributed by atoms with E-state index < -0.39 is 11.2 Å². The molecule has 0 rings (SSSR count). The molecule has 0 aliphatic rings. The molecule has 0 N–H and O–H groups in total. The van der Waals surface area contributed by atoms with Gasteiger partial charge in [0.1, 0.15) is 0 Å². The number of hydrogen-bond acceptors (Lipinski definition) is 1. The van der Waals surface area contributed by atoms with E-state index in [2.05, 4.69) is 0 Å². The van der Waals surface area contributed by atoms with Gasteiger partial charge in [-0.15, -0.1) is 25.7 Å². The van der Waals surface area contributed by atoms with Gasteiger partial charge < -0.3 is 0 Å². The maximum Gasteiger partial charge on any atom is 0.247 e. The smallest absolute Gasteiger partial charge is 0.247 e. The second-order valence-corrected chi connectivity index (χ2v) is 1.66. The van der Waals surface area contributed by atoms with Crippen molar-refractivity contribution in [3.05, 3.63) is 0 Å². The third-order valence-electron chi connectivity index (χ3n) is 1.12. The molecule has 0 aromatic carbocycles. The van der Waals surface area contributed by atoms with Crippen molar-refractivity contribution in [1.82, 2.24) is 0 Å². The van der Waals surface area contributed by atoms with Crippen molar-refractivity contribution in [3.8, 4) is 49.4 Å².